The average molecular weight is 329 g/mol. The van der Waals surface area contributed by atoms with Crippen LogP contribution in [0.3, 0.4) is 0 Å². The summed E-state index contributed by atoms with van der Waals surface area (Å²) in [5.41, 5.74) is 1.15. The third-order valence-electron chi connectivity index (χ3n) is 2.70. The van der Waals surface area contributed by atoms with E-state index in [0.717, 1.165) is 10.5 Å². The molecule has 2 nitrogen and oxygen atoms in total. The van der Waals surface area contributed by atoms with Gasteiger partial charge in [0.2, 0.25) is 0 Å². The number of halogens is 2. The fraction of sp³-hybridized carbons (Fsp3) is 0.200. The van der Waals surface area contributed by atoms with Gasteiger partial charge in [-0.15, -0.1) is 0 Å². The molecule has 20 heavy (non-hydrogen) atoms. The highest BCUT2D eigenvalue weighted by Gasteiger charge is 2.06. The smallest absolute Gasteiger partial charge is 0.138 e. The van der Waals surface area contributed by atoms with Gasteiger partial charge in [-0.3, -0.25) is 4.21 Å². The molecule has 106 valence electrons. The van der Waals surface area contributed by atoms with Crippen molar-refractivity contribution in [2.24, 2.45) is 0 Å². The summed E-state index contributed by atoms with van der Waals surface area (Å²) in [6.45, 7) is 2.33. The monoisotopic (exact) mass is 328 g/mol. The molecule has 0 N–H and O–H groups in total. The van der Waals surface area contributed by atoms with Crippen LogP contribution in [0.5, 0.6) is 5.75 Å². The molecule has 1 atom stereocenters. The summed E-state index contributed by atoms with van der Waals surface area (Å²) < 4.78 is 17.6. The van der Waals surface area contributed by atoms with Gasteiger partial charge in [-0.2, -0.15) is 0 Å². The average Bonchev–Trinajstić information content (AvgIpc) is 2.42. The Bertz CT molecular complexity index is 612. The molecule has 0 amide bonds. The lowest BCUT2D eigenvalue weighted by Crippen LogP contribution is -2.08. The summed E-state index contributed by atoms with van der Waals surface area (Å²) in [5.74, 6) is 0.971. The summed E-state index contributed by atoms with van der Waals surface area (Å²) in [6, 6.07) is 12.7. The molecule has 0 saturated heterocycles. The zero-order valence-electron chi connectivity index (χ0n) is 10.9. The molecule has 5 heteroatoms. The molecule has 0 aliphatic heterocycles. The van der Waals surface area contributed by atoms with Crippen LogP contribution in [0.1, 0.15) is 5.56 Å². The minimum Gasteiger partial charge on any atom is -0.491 e. The summed E-state index contributed by atoms with van der Waals surface area (Å²) in [6.07, 6.45) is 0. The fourth-order valence-electron chi connectivity index (χ4n) is 1.63. The van der Waals surface area contributed by atoms with Gasteiger partial charge in [-0.05, 0) is 37.3 Å². The predicted molar refractivity (Wildman–Crippen MR) is 84.4 cm³/mol. The van der Waals surface area contributed by atoms with Crippen molar-refractivity contribution >= 4 is 34.0 Å². The van der Waals surface area contributed by atoms with E-state index in [4.69, 9.17) is 27.9 Å². The van der Waals surface area contributed by atoms with Crippen LogP contribution in [0.2, 0.25) is 10.0 Å². The second-order valence-corrected chi connectivity index (χ2v) is 6.70. The molecule has 0 saturated carbocycles. The number of hydrogen-bond donors (Lipinski definition) is 0. The molecule has 0 aliphatic carbocycles. The van der Waals surface area contributed by atoms with Crippen molar-refractivity contribution in [2.45, 2.75) is 11.8 Å². The lowest BCUT2D eigenvalue weighted by molar-refractivity contribution is 0.343. The van der Waals surface area contributed by atoms with E-state index >= 15 is 0 Å². The van der Waals surface area contributed by atoms with Gasteiger partial charge in [0.1, 0.15) is 12.4 Å². The quantitative estimate of drug-likeness (QED) is 0.808. The first-order valence-electron chi connectivity index (χ1n) is 6.09. The third-order valence-corrected chi connectivity index (χ3v) is 4.57. The van der Waals surface area contributed by atoms with Crippen molar-refractivity contribution in [1.82, 2.24) is 0 Å². The Kier molecular flexibility index (Phi) is 5.46. The van der Waals surface area contributed by atoms with Gasteiger partial charge in [-0.25, -0.2) is 0 Å². The van der Waals surface area contributed by atoms with E-state index in [9.17, 15) is 4.21 Å². The lowest BCUT2D eigenvalue weighted by atomic mass is 10.2. The predicted octanol–water partition coefficient (Wildman–Crippen LogP) is 4.49. The van der Waals surface area contributed by atoms with E-state index in [0.29, 0.717) is 28.2 Å². The Morgan fingerprint density at radius 1 is 1.10 bits per heavy atom. The highest BCUT2D eigenvalue weighted by atomic mass is 35.5. The third kappa shape index (κ3) is 4.23. The number of ether oxygens (including phenoxy) is 1. The number of aryl methyl sites for hydroxylation is 1. The van der Waals surface area contributed by atoms with Crippen LogP contribution >= 0.6 is 23.2 Å². The highest BCUT2D eigenvalue weighted by Crippen LogP contribution is 2.27. The van der Waals surface area contributed by atoms with Gasteiger partial charge in [0.25, 0.3) is 0 Å². The highest BCUT2D eigenvalue weighted by molar-refractivity contribution is 7.85. The van der Waals surface area contributed by atoms with Crippen molar-refractivity contribution in [3.8, 4) is 5.75 Å². The Balaban J connectivity index is 1.89. The zero-order chi connectivity index (χ0) is 14.5. The molecule has 1 unspecified atom stereocenters. The van der Waals surface area contributed by atoms with E-state index in [-0.39, 0.29) is 0 Å². The molecule has 0 aromatic heterocycles. The van der Waals surface area contributed by atoms with E-state index in [1.54, 1.807) is 18.2 Å². The molecule has 0 bridgehead atoms. The lowest BCUT2D eigenvalue weighted by Gasteiger charge is -2.08. The molecule has 2 aromatic carbocycles. The van der Waals surface area contributed by atoms with Crippen LogP contribution < -0.4 is 4.74 Å². The Labute approximate surface area is 131 Å². The summed E-state index contributed by atoms with van der Waals surface area (Å²) in [7, 11) is -1.07. The molecule has 2 aromatic rings. The molecular formula is C15H14Cl2O2S. The van der Waals surface area contributed by atoms with Gasteiger partial charge in [-0.1, -0.05) is 40.9 Å². The van der Waals surface area contributed by atoms with Crippen LogP contribution in [-0.2, 0) is 10.8 Å². The second kappa shape index (κ2) is 7.11. The summed E-state index contributed by atoms with van der Waals surface area (Å²) >= 11 is 11.8. The van der Waals surface area contributed by atoms with Gasteiger partial charge in [0.05, 0.1) is 21.6 Å². The van der Waals surface area contributed by atoms with Crippen LogP contribution in [0.4, 0.5) is 0 Å². The largest absolute Gasteiger partial charge is 0.491 e. The van der Waals surface area contributed by atoms with Gasteiger partial charge in [0.15, 0.2) is 0 Å². The molecule has 0 fully saturated rings. The van der Waals surface area contributed by atoms with Crippen LogP contribution in [-0.4, -0.2) is 16.6 Å². The summed E-state index contributed by atoms with van der Waals surface area (Å²) in [5, 5.41) is 1.02. The maximum Gasteiger partial charge on any atom is 0.138 e. The molecule has 0 spiro atoms. The van der Waals surface area contributed by atoms with Gasteiger partial charge >= 0.3 is 0 Å². The first-order valence-corrected chi connectivity index (χ1v) is 8.16. The molecule has 0 radical (unpaired) electrons. The van der Waals surface area contributed by atoms with Gasteiger partial charge < -0.3 is 4.74 Å². The first kappa shape index (κ1) is 15.4. The first-order chi connectivity index (χ1) is 9.56. The molecular weight excluding hydrogens is 315 g/mol. The maximum absolute atomic E-state index is 12.1. The van der Waals surface area contributed by atoms with Crippen molar-refractivity contribution in [2.75, 3.05) is 12.4 Å². The number of rotatable bonds is 5. The zero-order valence-corrected chi connectivity index (χ0v) is 13.3. The van der Waals surface area contributed by atoms with E-state index in [1.807, 2.05) is 31.2 Å². The van der Waals surface area contributed by atoms with Crippen molar-refractivity contribution in [3.05, 3.63) is 58.1 Å². The van der Waals surface area contributed by atoms with E-state index in [2.05, 4.69) is 0 Å². The SMILES string of the molecule is Cc1ccc(S(=O)CCOc2ccc(Cl)cc2Cl)cc1. The maximum atomic E-state index is 12.1. The minimum atomic E-state index is -1.07. The van der Waals surface area contributed by atoms with Gasteiger partial charge in [0, 0.05) is 9.92 Å². The Morgan fingerprint density at radius 2 is 1.80 bits per heavy atom. The molecule has 2 rings (SSSR count). The second-order valence-electron chi connectivity index (χ2n) is 4.29. The van der Waals surface area contributed by atoms with E-state index < -0.39 is 10.8 Å². The molecule has 0 aliphatic rings. The van der Waals surface area contributed by atoms with Crippen molar-refractivity contribution in [3.63, 3.8) is 0 Å². The topological polar surface area (TPSA) is 26.3 Å². The Morgan fingerprint density at radius 3 is 2.45 bits per heavy atom. The Hall–Kier alpha value is -1.03. The van der Waals surface area contributed by atoms with E-state index in [1.165, 1.54) is 0 Å². The van der Waals surface area contributed by atoms with Crippen LogP contribution in [0.25, 0.3) is 0 Å². The number of benzene rings is 2. The van der Waals surface area contributed by atoms with Crippen LogP contribution in [0, 0.1) is 6.92 Å². The minimum absolute atomic E-state index is 0.335. The van der Waals surface area contributed by atoms with Crippen molar-refractivity contribution in [1.29, 1.82) is 0 Å². The van der Waals surface area contributed by atoms with Crippen LogP contribution in [0.15, 0.2) is 47.4 Å². The number of hydrogen-bond acceptors (Lipinski definition) is 2. The fourth-order valence-corrected chi connectivity index (χ4v) is 3.00. The summed E-state index contributed by atoms with van der Waals surface area (Å²) in [4.78, 5) is 0.807. The standard InChI is InChI=1S/C15H14Cl2O2S/c1-11-2-5-13(6-3-11)20(18)9-8-19-15-7-4-12(16)10-14(15)17/h2-7,10H,8-9H2,1H3. The van der Waals surface area contributed by atoms with Crippen molar-refractivity contribution < 1.29 is 8.95 Å². The normalized spacial score (nSPS) is 12.2. The molecule has 0 heterocycles.